The van der Waals surface area contributed by atoms with E-state index in [-0.39, 0.29) is 30.1 Å². The number of rotatable bonds is 6. The van der Waals surface area contributed by atoms with E-state index in [4.69, 9.17) is 4.74 Å². The summed E-state index contributed by atoms with van der Waals surface area (Å²) >= 11 is 1.41. The smallest absolute Gasteiger partial charge is 0.339 e. The van der Waals surface area contributed by atoms with E-state index >= 15 is 0 Å². The van der Waals surface area contributed by atoms with Crippen molar-refractivity contribution in [2.45, 2.75) is 20.4 Å². The molecule has 2 heterocycles. The second kappa shape index (κ2) is 8.91. The molecule has 0 atom stereocenters. The highest BCUT2D eigenvalue weighted by Gasteiger charge is 2.24. The third-order valence-corrected chi connectivity index (χ3v) is 5.00. The molecule has 0 saturated heterocycles. The number of pyridine rings is 1. The van der Waals surface area contributed by atoms with Gasteiger partial charge in [0.2, 0.25) is 0 Å². The van der Waals surface area contributed by atoms with Gasteiger partial charge in [-0.05, 0) is 49.6 Å². The van der Waals surface area contributed by atoms with Gasteiger partial charge < -0.3 is 4.74 Å². The molecule has 2 aromatic heterocycles. The zero-order valence-corrected chi connectivity index (χ0v) is 16.6. The molecular weight excluding hydrogens is 398 g/mol. The van der Waals surface area contributed by atoms with E-state index in [0.717, 1.165) is 17.0 Å². The molecule has 0 bridgehead atoms. The summed E-state index contributed by atoms with van der Waals surface area (Å²) in [5, 5.41) is 1.84. The molecule has 0 N–H and O–H groups in total. The van der Waals surface area contributed by atoms with E-state index in [1.807, 2.05) is 17.5 Å². The molecule has 0 aliphatic rings. The first-order valence-corrected chi connectivity index (χ1v) is 9.72. The molecule has 0 saturated carbocycles. The second-order valence-corrected chi connectivity index (χ2v) is 7.15. The summed E-state index contributed by atoms with van der Waals surface area (Å²) in [4.78, 5) is 31.3. The second-order valence-electron chi connectivity index (χ2n) is 6.12. The number of aromatic nitrogens is 1. The summed E-state index contributed by atoms with van der Waals surface area (Å²) in [5.74, 6) is -2.68. The molecule has 3 rings (SSSR count). The minimum atomic E-state index is -0.852. The van der Waals surface area contributed by atoms with Gasteiger partial charge >= 0.3 is 5.97 Å². The van der Waals surface area contributed by atoms with Crippen LogP contribution in [0.3, 0.4) is 0 Å². The highest BCUT2D eigenvalue weighted by atomic mass is 32.1. The maximum atomic E-state index is 14.4. The van der Waals surface area contributed by atoms with Gasteiger partial charge in [0, 0.05) is 10.9 Å². The normalized spacial score (nSPS) is 10.6. The van der Waals surface area contributed by atoms with E-state index < -0.39 is 23.5 Å². The first-order chi connectivity index (χ1) is 13.9. The third kappa shape index (κ3) is 4.65. The number of hydrogen-bond donors (Lipinski definition) is 0. The van der Waals surface area contributed by atoms with E-state index in [1.165, 1.54) is 34.4 Å². The number of carbonyl (C=O) groups excluding carboxylic acids is 2. The maximum Gasteiger partial charge on any atom is 0.339 e. The predicted octanol–water partition coefficient (Wildman–Crippen LogP) is 4.75. The van der Waals surface area contributed by atoms with Crippen LogP contribution in [0, 0.1) is 18.6 Å². The average Bonchev–Trinajstić information content (AvgIpc) is 3.19. The Morgan fingerprint density at radius 1 is 1.17 bits per heavy atom. The SMILES string of the molecule is CCOC(=O)c1ccc(C(=O)N(Cc2cccs2)c2ccc(F)cc2F)nc1C. The lowest BCUT2D eigenvalue weighted by Crippen LogP contribution is -2.32. The van der Waals surface area contributed by atoms with Gasteiger partial charge in [0.05, 0.1) is 30.1 Å². The molecule has 0 fully saturated rings. The minimum Gasteiger partial charge on any atom is -0.462 e. The molecule has 0 unspecified atom stereocenters. The highest BCUT2D eigenvalue weighted by Crippen LogP contribution is 2.25. The number of anilines is 1. The number of carbonyl (C=O) groups is 2. The first kappa shape index (κ1) is 20.6. The molecule has 5 nitrogen and oxygen atoms in total. The van der Waals surface area contributed by atoms with Gasteiger partial charge in [0.1, 0.15) is 17.3 Å². The van der Waals surface area contributed by atoms with Crippen molar-refractivity contribution < 1.29 is 23.1 Å². The fourth-order valence-corrected chi connectivity index (χ4v) is 3.46. The zero-order valence-electron chi connectivity index (χ0n) is 15.8. The predicted molar refractivity (Wildman–Crippen MR) is 106 cm³/mol. The number of aryl methyl sites for hydroxylation is 1. The van der Waals surface area contributed by atoms with Crippen LogP contribution in [-0.4, -0.2) is 23.5 Å². The van der Waals surface area contributed by atoms with Crippen molar-refractivity contribution in [3.05, 3.63) is 81.3 Å². The molecule has 0 radical (unpaired) electrons. The van der Waals surface area contributed by atoms with Crippen LogP contribution in [0.25, 0.3) is 0 Å². The number of amides is 1. The number of nitrogens with zero attached hydrogens (tertiary/aromatic N) is 2. The summed E-state index contributed by atoms with van der Waals surface area (Å²) in [7, 11) is 0. The molecule has 0 spiro atoms. The van der Waals surface area contributed by atoms with Gasteiger partial charge in [0.15, 0.2) is 0 Å². The summed E-state index contributed by atoms with van der Waals surface area (Å²) < 4.78 is 32.7. The van der Waals surface area contributed by atoms with Crippen LogP contribution < -0.4 is 4.90 Å². The van der Waals surface area contributed by atoms with Crippen molar-refractivity contribution in [2.24, 2.45) is 0 Å². The topological polar surface area (TPSA) is 59.5 Å². The maximum absolute atomic E-state index is 14.4. The first-order valence-electron chi connectivity index (χ1n) is 8.84. The van der Waals surface area contributed by atoms with Gasteiger partial charge in [0.25, 0.3) is 5.91 Å². The van der Waals surface area contributed by atoms with Crippen molar-refractivity contribution in [3.8, 4) is 0 Å². The summed E-state index contributed by atoms with van der Waals surface area (Å²) in [6.07, 6.45) is 0. The van der Waals surface area contributed by atoms with Gasteiger partial charge in [-0.2, -0.15) is 0 Å². The van der Waals surface area contributed by atoms with Gasteiger partial charge in [-0.3, -0.25) is 9.69 Å². The third-order valence-electron chi connectivity index (χ3n) is 4.14. The number of thiophene rings is 1. The van der Waals surface area contributed by atoms with Crippen molar-refractivity contribution in [3.63, 3.8) is 0 Å². The lowest BCUT2D eigenvalue weighted by Gasteiger charge is -2.23. The van der Waals surface area contributed by atoms with Crippen molar-refractivity contribution >= 4 is 28.9 Å². The molecule has 29 heavy (non-hydrogen) atoms. The van der Waals surface area contributed by atoms with Crippen LogP contribution in [0.5, 0.6) is 0 Å². The molecule has 8 heteroatoms. The monoisotopic (exact) mass is 416 g/mol. The molecular formula is C21H18F2N2O3S. The molecule has 1 amide bonds. The Balaban J connectivity index is 1.98. The highest BCUT2D eigenvalue weighted by molar-refractivity contribution is 7.09. The van der Waals surface area contributed by atoms with Gasteiger partial charge in [-0.25, -0.2) is 18.6 Å². The number of esters is 1. The fourth-order valence-electron chi connectivity index (χ4n) is 2.77. The number of ether oxygens (including phenoxy) is 1. The Hall–Kier alpha value is -3.13. The number of halogens is 2. The van der Waals surface area contributed by atoms with Crippen LogP contribution in [0.4, 0.5) is 14.5 Å². The van der Waals surface area contributed by atoms with Crippen molar-refractivity contribution in [1.82, 2.24) is 4.98 Å². The van der Waals surface area contributed by atoms with E-state index in [2.05, 4.69) is 4.98 Å². The molecule has 0 aliphatic heterocycles. The van der Waals surface area contributed by atoms with Crippen LogP contribution in [0.2, 0.25) is 0 Å². The molecule has 0 aliphatic carbocycles. The van der Waals surface area contributed by atoms with Crippen LogP contribution >= 0.6 is 11.3 Å². The summed E-state index contributed by atoms with van der Waals surface area (Å²) in [5.41, 5.74) is 0.556. The number of hydrogen-bond acceptors (Lipinski definition) is 5. The molecule has 3 aromatic rings. The minimum absolute atomic E-state index is 0.0378. The standard InChI is InChI=1S/C21H18F2N2O3S/c1-3-28-21(27)16-7-8-18(24-13(16)2)20(26)25(12-15-5-4-10-29-15)19-9-6-14(22)11-17(19)23/h4-11H,3,12H2,1-2H3. The largest absolute Gasteiger partial charge is 0.462 e. The van der Waals surface area contributed by atoms with E-state index in [0.29, 0.717) is 5.69 Å². The summed E-state index contributed by atoms with van der Waals surface area (Å²) in [6, 6.07) is 9.52. The zero-order chi connectivity index (χ0) is 21.0. The fraction of sp³-hybridized carbons (Fsp3) is 0.190. The number of benzene rings is 1. The lowest BCUT2D eigenvalue weighted by atomic mass is 10.1. The molecule has 150 valence electrons. The van der Waals surface area contributed by atoms with Crippen molar-refractivity contribution in [1.29, 1.82) is 0 Å². The van der Waals surface area contributed by atoms with Crippen molar-refractivity contribution in [2.75, 3.05) is 11.5 Å². The van der Waals surface area contributed by atoms with Crippen LogP contribution in [0.15, 0.2) is 47.8 Å². The summed E-state index contributed by atoms with van der Waals surface area (Å²) in [6.45, 7) is 3.60. The van der Waals surface area contributed by atoms with E-state index in [1.54, 1.807) is 13.8 Å². The Bertz CT molecular complexity index is 1040. The van der Waals surface area contributed by atoms with Crippen LogP contribution in [-0.2, 0) is 11.3 Å². The van der Waals surface area contributed by atoms with Gasteiger partial charge in [-0.1, -0.05) is 6.07 Å². The Kier molecular flexibility index (Phi) is 6.33. The Labute approximate surface area is 170 Å². The van der Waals surface area contributed by atoms with E-state index in [9.17, 15) is 18.4 Å². The lowest BCUT2D eigenvalue weighted by molar-refractivity contribution is 0.0524. The Morgan fingerprint density at radius 3 is 2.59 bits per heavy atom. The quantitative estimate of drug-likeness (QED) is 0.544. The molecule has 1 aromatic carbocycles. The van der Waals surface area contributed by atoms with Crippen LogP contribution in [0.1, 0.15) is 38.3 Å². The average molecular weight is 416 g/mol. The Morgan fingerprint density at radius 2 is 1.97 bits per heavy atom. The van der Waals surface area contributed by atoms with Gasteiger partial charge in [-0.15, -0.1) is 11.3 Å².